The van der Waals surface area contributed by atoms with Gasteiger partial charge >= 0.3 is 0 Å². The number of nitrogens with zero attached hydrogens (tertiary/aromatic N) is 2. The summed E-state index contributed by atoms with van der Waals surface area (Å²) in [5.41, 5.74) is 3.18. The van der Waals surface area contributed by atoms with E-state index in [2.05, 4.69) is 18.4 Å². The highest BCUT2D eigenvalue weighted by Gasteiger charge is 2.21. The highest BCUT2D eigenvalue weighted by atomic mass is 16.2. The van der Waals surface area contributed by atoms with Crippen LogP contribution in [0.5, 0.6) is 0 Å². The number of hydrogen-bond donors (Lipinski definition) is 1. The van der Waals surface area contributed by atoms with E-state index in [4.69, 9.17) is 0 Å². The summed E-state index contributed by atoms with van der Waals surface area (Å²) in [5.74, 6) is 0.230. The molecule has 2 heterocycles. The van der Waals surface area contributed by atoms with Gasteiger partial charge < -0.3 is 9.91 Å². The molecule has 1 saturated heterocycles. The van der Waals surface area contributed by atoms with Crippen LogP contribution < -0.4 is 5.43 Å². The molecule has 1 N–H and O–H groups in total. The molecule has 1 atom stereocenters. The van der Waals surface area contributed by atoms with Crippen molar-refractivity contribution in [2.45, 2.75) is 25.8 Å². The fourth-order valence-electron chi connectivity index (χ4n) is 1.89. The van der Waals surface area contributed by atoms with E-state index in [-0.39, 0.29) is 5.91 Å². The minimum absolute atomic E-state index is 0.230. The van der Waals surface area contributed by atoms with Crippen LogP contribution in [0.15, 0.2) is 12.3 Å². The lowest BCUT2D eigenvalue weighted by molar-refractivity contribution is -0.131. The lowest BCUT2D eigenvalue weighted by Crippen LogP contribution is -2.42. The Morgan fingerprint density at radius 1 is 1.50 bits per heavy atom. The van der Waals surface area contributed by atoms with E-state index in [9.17, 15) is 4.79 Å². The second kappa shape index (κ2) is 4.00. The van der Waals surface area contributed by atoms with E-state index in [0.29, 0.717) is 12.6 Å². The van der Waals surface area contributed by atoms with Gasteiger partial charge in [-0.25, -0.2) is 5.43 Å². The number of hydrazine groups is 1. The predicted octanol–water partition coefficient (Wildman–Crippen LogP) is 0.331. The van der Waals surface area contributed by atoms with Crippen molar-refractivity contribution in [2.24, 2.45) is 0 Å². The second-order valence-corrected chi connectivity index (χ2v) is 3.98. The summed E-state index contributed by atoms with van der Waals surface area (Å²) in [6, 6.07) is 0.348. The molecule has 1 fully saturated rings. The van der Waals surface area contributed by atoms with Gasteiger partial charge in [0.15, 0.2) is 0 Å². The van der Waals surface area contributed by atoms with Crippen LogP contribution in [0.4, 0.5) is 0 Å². The molecule has 2 aliphatic heterocycles. The van der Waals surface area contributed by atoms with Crippen molar-refractivity contribution in [3.63, 3.8) is 0 Å². The Morgan fingerprint density at radius 2 is 2.21 bits per heavy atom. The Bertz CT molecular complexity index is 246. The van der Waals surface area contributed by atoms with Crippen molar-refractivity contribution >= 4 is 5.91 Å². The van der Waals surface area contributed by atoms with Crippen molar-refractivity contribution in [3.05, 3.63) is 12.3 Å². The van der Waals surface area contributed by atoms with Gasteiger partial charge in [0, 0.05) is 25.3 Å². The Kier molecular flexibility index (Phi) is 2.72. The van der Waals surface area contributed by atoms with Crippen molar-refractivity contribution in [1.82, 2.24) is 15.3 Å². The highest BCUT2D eigenvalue weighted by Crippen LogP contribution is 2.08. The maximum atomic E-state index is 11.7. The predicted molar refractivity (Wildman–Crippen MR) is 54.3 cm³/mol. The summed E-state index contributed by atoms with van der Waals surface area (Å²) in [7, 11) is 0. The molecule has 2 rings (SSSR count). The normalized spacial score (nSPS) is 26.2. The van der Waals surface area contributed by atoms with E-state index in [0.717, 1.165) is 25.9 Å². The molecule has 0 aromatic rings. The maximum Gasteiger partial charge on any atom is 0.243 e. The molecule has 78 valence electrons. The fourth-order valence-corrected chi connectivity index (χ4v) is 1.89. The average Bonchev–Trinajstić information content (AvgIpc) is 2.75. The Labute approximate surface area is 84.5 Å². The zero-order chi connectivity index (χ0) is 9.97. The number of rotatable bonds is 2. The Balaban J connectivity index is 1.79. The molecule has 0 aromatic heterocycles. The first-order valence-electron chi connectivity index (χ1n) is 5.24. The zero-order valence-corrected chi connectivity index (χ0v) is 8.57. The second-order valence-electron chi connectivity index (χ2n) is 3.98. The standard InChI is InChI=1S/C10H17N3O/c1-9-4-7-13(11-9)8-10(14)12-5-2-3-6-12/h4,7,9,11H,2-3,5-6,8H2,1H3. The van der Waals surface area contributed by atoms with Crippen molar-refractivity contribution in [2.75, 3.05) is 19.6 Å². The van der Waals surface area contributed by atoms with Crippen LogP contribution in [0.25, 0.3) is 0 Å². The van der Waals surface area contributed by atoms with Gasteiger partial charge in [-0.1, -0.05) is 0 Å². The Hall–Kier alpha value is -1.03. The first kappa shape index (κ1) is 9.52. The van der Waals surface area contributed by atoms with E-state index in [1.54, 1.807) is 0 Å². The van der Waals surface area contributed by atoms with Crippen LogP contribution in [0.3, 0.4) is 0 Å². The van der Waals surface area contributed by atoms with E-state index in [1.165, 1.54) is 0 Å². The van der Waals surface area contributed by atoms with E-state index in [1.807, 2.05) is 16.1 Å². The zero-order valence-electron chi connectivity index (χ0n) is 8.57. The molecular weight excluding hydrogens is 178 g/mol. The van der Waals surface area contributed by atoms with Gasteiger partial charge in [0.2, 0.25) is 5.91 Å². The van der Waals surface area contributed by atoms with Gasteiger partial charge in [-0.3, -0.25) is 4.79 Å². The fraction of sp³-hybridized carbons (Fsp3) is 0.700. The minimum Gasteiger partial charge on any atom is -0.341 e. The molecule has 0 aromatic carbocycles. The van der Waals surface area contributed by atoms with Gasteiger partial charge in [-0.2, -0.15) is 0 Å². The van der Waals surface area contributed by atoms with Crippen molar-refractivity contribution in [1.29, 1.82) is 0 Å². The first-order valence-corrected chi connectivity index (χ1v) is 5.24. The van der Waals surface area contributed by atoms with Crippen LogP contribution in [-0.4, -0.2) is 41.5 Å². The summed E-state index contributed by atoms with van der Waals surface area (Å²) in [6.07, 6.45) is 6.31. The summed E-state index contributed by atoms with van der Waals surface area (Å²) in [5, 5.41) is 1.87. The lowest BCUT2D eigenvalue weighted by Gasteiger charge is -2.21. The third kappa shape index (κ3) is 2.07. The quantitative estimate of drug-likeness (QED) is 0.690. The molecule has 0 saturated carbocycles. The number of nitrogens with one attached hydrogen (secondary N) is 1. The van der Waals surface area contributed by atoms with E-state index < -0.39 is 0 Å². The van der Waals surface area contributed by atoms with Crippen molar-refractivity contribution in [3.8, 4) is 0 Å². The van der Waals surface area contributed by atoms with Crippen molar-refractivity contribution < 1.29 is 4.79 Å². The molecule has 0 bridgehead atoms. The van der Waals surface area contributed by atoms with Gasteiger partial charge in [0.1, 0.15) is 6.54 Å². The molecule has 4 heteroatoms. The SMILES string of the molecule is CC1C=CN(CC(=O)N2CCCC2)N1. The molecule has 0 spiro atoms. The summed E-state index contributed by atoms with van der Waals surface area (Å²) in [6.45, 7) is 4.40. The largest absolute Gasteiger partial charge is 0.341 e. The number of hydrogen-bond acceptors (Lipinski definition) is 3. The van der Waals surface area contributed by atoms with Gasteiger partial charge in [-0.05, 0) is 25.8 Å². The molecule has 4 nitrogen and oxygen atoms in total. The molecule has 14 heavy (non-hydrogen) atoms. The summed E-state index contributed by atoms with van der Waals surface area (Å²) in [4.78, 5) is 13.7. The van der Waals surface area contributed by atoms with Crippen LogP contribution in [0.1, 0.15) is 19.8 Å². The number of carbonyl (C=O) groups is 1. The molecule has 1 unspecified atom stereocenters. The molecule has 1 amide bonds. The Morgan fingerprint density at radius 3 is 2.79 bits per heavy atom. The monoisotopic (exact) mass is 195 g/mol. The maximum absolute atomic E-state index is 11.7. The number of carbonyl (C=O) groups excluding carboxylic acids is 1. The highest BCUT2D eigenvalue weighted by molar-refractivity contribution is 5.78. The molecule has 2 aliphatic rings. The van der Waals surface area contributed by atoms with Gasteiger partial charge in [-0.15, -0.1) is 0 Å². The van der Waals surface area contributed by atoms with E-state index >= 15 is 0 Å². The smallest absolute Gasteiger partial charge is 0.243 e. The molecule has 0 radical (unpaired) electrons. The first-order chi connectivity index (χ1) is 6.75. The lowest BCUT2D eigenvalue weighted by atomic mass is 10.4. The number of likely N-dealkylation sites (tertiary alicyclic amines) is 1. The minimum atomic E-state index is 0.230. The van der Waals surface area contributed by atoms with Crippen LogP contribution in [-0.2, 0) is 4.79 Å². The van der Waals surface area contributed by atoms with Crippen LogP contribution in [0.2, 0.25) is 0 Å². The number of amides is 1. The van der Waals surface area contributed by atoms with Crippen LogP contribution in [0, 0.1) is 0 Å². The molecular formula is C10H17N3O. The molecule has 0 aliphatic carbocycles. The topological polar surface area (TPSA) is 35.6 Å². The third-order valence-electron chi connectivity index (χ3n) is 2.69. The third-order valence-corrected chi connectivity index (χ3v) is 2.69. The average molecular weight is 195 g/mol. The van der Waals surface area contributed by atoms with Crippen LogP contribution >= 0.6 is 0 Å². The van der Waals surface area contributed by atoms with Gasteiger partial charge in [0.05, 0.1) is 0 Å². The summed E-state index contributed by atoms with van der Waals surface area (Å²) < 4.78 is 0. The van der Waals surface area contributed by atoms with Gasteiger partial charge in [0.25, 0.3) is 0 Å². The summed E-state index contributed by atoms with van der Waals surface area (Å²) >= 11 is 0.